The minimum atomic E-state index is 0.343. The summed E-state index contributed by atoms with van der Waals surface area (Å²) in [4.78, 5) is 2.84. The fourth-order valence-corrected chi connectivity index (χ4v) is 4.54. The van der Waals surface area contributed by atoms with Crippen LogP contribution in [0, 0.1) is 0 Å². The van der Waals surface area contributed by atoms with Gasteiger partial charge in [0.05, 0.1) is 0 Å². The molecule has 21 heavy (non-hydrogen) atoms. The van der Waals surface area contributed by atoms with Crippen LogP contribution in [0.2, 0.25) is 0 Å². The molecule has 0 aromatic heterocycles. The lowest BCUT2D eigenvalue weighted by Gasteiger charge is -2.57. The molecular formula is C18H36N2O. The van der Waals surface area contributed by atoms with E-state index in [0.29, 0.717) is 17.1 Å². The third-order valence-corrected chi connectivity index (χ3v) is 6.27. The molecule has 0 aromatic rings. The molecule has 2 rings (SSSR count). The van der Waals surface area contributed by atoms with E-state index in [-0.39, 0.29) is 0 Å². The van der Waals surface area contributed by atoms with E-state index >= 15 is 0 Å². The second-order valence-corrected chi connectivity index (χ2v) is 7.38. The van der Waals surface area contributed by atoms with Gasteiger partial charge in [-0.3, -0.25) is 4.90 Å². The van der Waals surface area contributed by atoms with Crippen molar-refractivity contribution in [3.05, 3.63) is 0 Å². The standard InChI is InChI=1S/C18H36N2O/c1-5-18(6-2)14-19-17(11-8-7-9-12-17)15-20(18)16(3)10-13-21-4/h16,19H,5-15H2,1-4H3. The van der Waals surface area contributed by atoms with Crippen LogP contribution in [0.5, 0.6) is 0 Å². The number of hydrogen-bond donors (Lipinski definition) is 1. The van der Waals surface area contributed by atoms with Crippen molar-refractivity contribution >= 4 is 0 Å². The lowest BCUT2D eigenvalue weighted by atomic mass is 9.75. The van der Waals surface area contributed by atoms with E-state index in [1.165, 1.54) is 51.5 Å². The number of nitrogens with one attached hydrogen (secondary N) is 1. The van der Waals surface area contributed by atoms with E-state index < -0.39 is 0 Å². The van der Waals surface area contributed by atoms with Crippen molar-refractivity contribution in [1.29, 1.82) is 0 Å². The van der Waals surface area contributed by atoms with Crippen LogP contribution in [0.1, 0.15) is 72.1 Å². The molecule has 0 radical (unpaired) electrons. The Kier molecular flexibility index (Phi) is 6.10. The zero-order chi connectivity index (χ0) is 15.3. The van der Waals surface area contributed by atoms with Gasteiger partial charge in [-0.15, -0.1) is 0 Å². The third-order valence-electron chi connectivity index (χ3n) is 6.27. The van der Waals surface area contributed by atoms with Crippen molar-refractivity contribution in [2.45, 2.75) is 89.3 Å². The third kappa shape index (κ3) is 3.62. The van der Waals surface area contributed by atoms with Gasteiger partial charge in [-0.05, 0) is 39.0 Å². The Hall–Kier alpha value is -0.120. The molecule has 0 amide bonds. The van der Waals surface area contributed by atoms with Gasteiger partial charge in [0.2, 0.25) is 0 Å². The zero-order valence-electron chi connectivity index (χ0n) is 14.7. The summed E-state index contributed by atoms with van der Waals surface area (Å²) in [7, 11) is 1.82. The normalized spacial score (nSPS) is 26.9. The molecule has 0 aromatic carbocycles. The summed E-state index contributed by atoms with van der Waals surface area (Å²) in [5.74, 6) is 0. The number of methoxy groups -OCH3 is 1. The fraction of sp³-hybridized carbons (Fsp3) is 1.00. The summed E-state index contributed by atoms with van der Waals surface area (Å²) < 4.78 is 5.33. The minimum absolute atomic E-state index is 0.343. The SMILES string of the molecule is CCC1(CC)CNC2(CCCCC2)CN1C(C)CCOC. The topological polar surface area (TPSA) is 24.5 Å². The van der Waals surface area contributed by atoms with Crippen molar-refractivity contribution in [2.75, 3.05) is 26.8 Å². The molecular weight excluding hydrogens is 260 g/mol. The highest BCUT2D eigenvalue weighted by molar-refractivity contribution is 5.06. The second kappa shape index (κ2) is 7.43. The van der Waals surface area contributed by atoms with Crippen molar-refractivity contribution in [3.63, 3.8) is 0 Å². The van der Waals surface area contributed by atoms with Gasteiger partial charge in [0.1, 0.15) is 0 Å². The van der Waals surface area contributed by atoms with Crippen LogP contribution in [0.3, 0.4) is 0 Å². The molecule has 1 aliphatic carbocycles. The Labute approximate surface area is 131 Å². The van der Waals surface area contributed by atoms with E-state index in [0.717, 1.165) is 19.6 Å². The Morgan fingerprint density at radius 1 is 1.14 bits per heavy atom. The zero-order valence-corrected chi connectivity index (χ0v) is 14.7. The van der Waals surface area contributed by atoms with Crippen LogP contribution < -0.4 is 5.32 Å². The van der Waals surface area contributed by atoms with E-state index in [1.54, 1.807) is 0 Å². The predicted octanol–water partition coefficient (Wildman–Crippen LogP) is 3.58. The molecule has 1 saturated heterocycles. The quantitative estimate of drug-likeness (QED) is 0.811. The van der Waals surface area contributed by atoms with Gasteiger partial charge in [-0.25, -0.2) is 0 Å². The highest BCUT2D eigenvalue weighted by Gasteiger charge is 2.47. The molecule has 124 valence electrons. The van der Waals surface area contributed by atoms with Gasteiger partial charge in [0.25, 0.3) is 0 Å². The molecule has 1 unspecified atom stereocenters. The first kappa shape index (κ1) is 17.2. The molecule has 1 saturated carbocycles. The summed E-state index contributed by atoms with van der Waals surface area (Å²) >= 11 is 0. The monoisotopic (exact) mass is 296 g/mol. The molecule has 2 aliphatic rings. The lowest BCUT2D eigenvalue weighted by Crippen LogP contribution is -2.71. The predicted molar refractivity (Wildman–Crippen MR) is 89.8 cm³/mol. The van der Waals surface area contributed by atoms with Crippen LogP contribution in [0.4, 0.5) is 0 Å². The number of nitrogens with zero attached hydrogens (tertiary/aromatic N) is 1. The lowest BCUT2D eigenvalue weighted by molar-refractivity contribution is -0.0444. The fourth-order valence-electron chi connectivity index (χ4n) is 4.54. The number of hydrogen-bond acceptors (Lipinski definition) is 3. The molecule has 2 fully saturated rings. The first-order chi connectivity index (χ1) is 10.1. The van der Waals surface area contributed by atoms with Gasteiger partial charge in [0, 0.05) is 43.9 Å². The average Bonchev–Trinajstić information content (AvgIpc) is 2.54. The largest absolute Gasteiger partial charge is 0.385 e. The van der Waals surface area contributed by atoms with Crippen LogP contribution in [0.25, 0.3) is 0 Å². The summed E-state index contributed by atoms with van der Waals surface area (Å²) in [5.41, 5.74) is 0.739. The second-order valence-electron chi connectivity index (χ2n) is 7.38. The molecule has 3 heteroatoms. The van der Waals surface area contributed by atoms with Crippen molar-refractivity contribution < 1.29 is 4.74 Å². The molecule has 1 aliphatic heterocycles. The van der Waals surface area contributed by atoms with Gasteiger partial charge >= 0.3 is 0 Å². The maximum absolute atomic E-state index is 5.33. The summed E-state index contributed by atoms with van der Waals surface area (Å²) in [6.45, 7) is 10.4. The summed E-state index contributed by atoms with van der Waals surface area (Å²) in [6.07, 6.45) is 10.6. The first-order valence-corrected chi connectivity index (χ1v) is 9.12. The summed E-state index contributed by atoms with van der Waals surface area (Å²) in [5, 5.41) is 4.00. The molecule has 1 heterocycles. The van der Waals surface area contributed by atoms with Crippen LogP contribution in [-0.4, -0.2) is 48.8 Å². The average molecular weight is 296 g/mol. The number of piperazine rings is 1. The van der Waals surface area contributed by atoms with Gasteiger partial charge < -0.3 is 10.1 Å². The number of ether oxygens (including phenoxy) is 1. The highest BCUT2D eigenvalue weighted by Crippen LogP contribution is 2.38. The van der Waals surface area contributed by atoms with Crippen molar-refractivity contribution in [2.24, 2.45) is 0 Å². The minimum Gasteiger partial charge on any atom is -0.385 e. The molecule has 3 nitrogen and oxygen atoms in total. The summed E-state index contributed by atoms with van der Waals surface area (Å²) in [6, 6.07) is 0.616. The van der Waals surface area contributed by atoms with Gasteiger partial charge in [0.15, 0.2) is 0 Å². The van der Waals surface area contributed by atoms with Crippen LogP contribution in [-0.2, 0) is 4.74 Å². The smallest absolute Gasteiger partial charge is 0.0477 e. The Bertz CT molecular complexity index is 308. The molecule has 1 N–H and O–H groups in total. The maximum Gasteiger partial charge on any atom is 0.0477 e. The van der Waals surface area contributed by atoms with Crippen LogP contribution >= 0.6 is 0 Å². The van der Waals surface area contributed by atoms with E-state index in [1.807, 2.05) is 7.11 Å². The molecule has 1 spiro atoms. The van der Waals surface area contributed by atoms with Crippen molar-refractivity contribution in [3.8, 4) is 0 Å². The Morgan fingerprint density at radius 3 is 2.38 bits per heavy atom. The van der Waals surface area contributed by atoms with E-state index in [4.69, 9.17) is 4.74 Å². The maximum atomic E-state index is 5.33. The van der Waals surface area contributed by atoms with Crippen molar-refractivity contribution in [1.82, 2.24) is 10.2 Å². The number of rotatable bonds is 6. The molecule has 0 bridgehead atoms. The Balaban J connectivity index is 2.14. The van der Waals surface area contributed by atoms with Gasteiger partial charge in [-0.2, -0.15) is 0 Å². The van der Waals surface area contributed by atoms with Gasteiger partial charge in [-0.1, -0.05) is 33.1 Å². The van der Waals surface area contributed by atoms with Crippen LogP contribution in [0.15, 0.2) is 0 Å². The first-order valence-electron chi connectivity index (χ1n) is 9.12. The van der Waals surface area contributed by atoms with E-state index in [9.17, 15) is 0 Å². The Morgan fingerprint density at radius 2 is 1.81 bits per heavy atom. The molecule has 1 atom stereocenters. The highest BCUT2D eigenvalue weighted by atomic mass is 16.5. The van der Waals surface area contributed by atoms with E-state index in [2.05, 4.69) is 31.0 Å².